The molecular weight excluding hydrogens is 232 g/mol. The lowest BCUT2D eigenvalue weighted by atomic mass is 9.94. The molecule has 0 radical (unpaired) electrons. The van der Waals surface area contributed by atoms with Gasteiger partial charge in [0.2, 0.25) is 0 Å². The number of hydrogen-bond acceptors (Lipinski definition) is 2. The largest absolute Gasteiger partial charge is 0.229 e. The smallest absolute Gasteiger partial charge is 0.150 e. The van der Waals surface area contributed by atoms with Crippen molar-refractivity contribution in [2.75, 3.05) is 11.5 Å². The zero-order chi connectivity index (χ0) is 10.9. The maximum atomic E-state index is 11.3. The van der Waals surface area contributed by atoms with E-state index in [0.717, 1.165) is 18.8 Å². The average molecular weight is 251 g/mol. The Morgan fingerprint density at radius 3 is 2.40 bits per heavy atom. The van der Waals surface area contributed by atoms with Gasteiger partial charge in [-0.05, 0) is 24.7 Å². The van der Waals surface area contributed by atoms with Gasteiger partial charge in [-0.3, -0.25) is 0 Å². The van der Waals surface area contributed by atoms with Crippen LogP contribution in [-0.2, 0) is 9.84 Å². The van der Waals surface area contributed by atoms with Gasteiger partial charge in [0.05, 0.1) is 11.5 Å². The molecule has 0 spiro atoms. The Kier molecular flexibility index (Phi) is 3.61. The van der Waals surface area contributed by atoms with Crippen LogP contribution in [0.4, 0.5) is 0 Å². The normalized spacial score (nSPS) is 33.3. The molecule has 0 amide bonds. The highest BCUT2D eigenvalue weighted by molar-refractivity contribution is 7.91. The Hall–Kier alpha value is 0.240. The molecule has 1 heterocycles. The molecule has 1 saturated carbocycles. The second kappa shape index (κ2) is 4.62. The molecule has 2 rings (SSSR count). The molecular formula is C11H19ClO2S. The van der Waals surface area contributed by atoms with Crippen LogP contribution in [0.5, 0.6) is 0 Å². The van der Waals surface area contributed by atoms with Crippen LogP contribution in [0, 0.1) is 11.8 Å². The van der Waals surface area contributed by atoms with Crippen LogP contribution < -0.4 is 0 Å². The van der Waals surface area contributed by atoms with Gasteiger partial charge in [0.25, 0.3) is 0 Å². The molecule has 0 aromatic heterocycles. The molecule has 88 valence electrons. The lowest BCUT2D eigenvalue weighted by Gasteiger charge is -2.19. The molecule has 4 heteroatoms. The number of halogens is 1. The SMILES string of the molecule is O=S1(=O)CCC(C(Cl)CC2CCCC2)C1. The highest BCUT2D eigenvalue weighted by Crippen LogP contribution is 2.35. The highest BCUT2D eigenvalue weighted by atomic mass is 35.5. The molecule has 1 saturated heterocycles. The third-order valence-corrected chi connectivity index (χ3v) is 6.14. The Balaban J connectivity index is 1.83. The van der Waals surface area contributed by atoms with Crippen molar-refractivity contribution in [1.29, 1.82) is 0 Å². The van der Waals surface area contributed by atoms with Gasteiger partial charge >= 0.3 is 0 Å². The second-order valence-corrected chi connectivity index (χ2v) is 7.85. The van der Waals surface area contributed by atoms with Crippen LogP contribution >= 0.6 is 11.6 Å². The zero-order valence-electron chi connectivity index (χ0n) is 8.99. The van der Waals surface area contributed by atoms with E-state index in [2.05, 4.69) is 0 Å². The fourth-order valence-electron chi connectivity index (χ4n) is 2.87. The predicted molar refractivity (Wildman–Crippen MR) is 63.0 cm³/mol. The van der Waals surface area contributed by atoms with E-state index in [0.29, 0.717) is 11.5 Å². The molecule has 1 aliphatic carbocycles. The molecule has 0 N–H and O–H groups in total. The molecule has 2 unspecified atom stereocenters. The minimum Gasteiger partial charge on any atom is -0.229 e. The third kappa shape index (κ3) is 3.10. The molecule has 0 aromatic carbocycles. The Labute approximate surface area is 97.3 Å². The van der Waals surface area contributed by atoms with Gasteiger partial charge < -0.3 is 0 Å². The lowest BCUT2D eigenvalue weighted by Crippen LogP contribution is -2.19. The van der Waals surface area contributed by atoms with Gasteiger partial charge in [-0.2, -0.15) is 0 Å². The van der Waals surface area contributed by atoms with E-state index < -0.39 is 9.84 Å². The number of alkyl halides is 1. The summed E-state index contributed by atoms with van der Waals surface area (Å²) in [7, 11) is -2.76. The second-order valence-electron chi connectivity index (χ2n) is 5.07. The summed E-state index contributed by atoms with van der Waals surface area (Å²) < 4.78 is 22.6. The molecule has 2 atom stereocenters. The summed E-state index contributed by atoms with van der Waals surface area (Å²) in [6, 6.07) is 0. The molecule has 1 aliphatic heterocycles. The van der Waals surface area contributed by atoms with Crippen molar-refractivity contribution < 1.29 is 8.42 Å². The van der Waals surface area contributed by atoms with Crippen LogP contribution in [0.15, 0.2) is 0 Å². The first-order valence-corrected chi connectivity index (χ1v) is 8.17. The minimum atomic E-state index is -2.76. The van der Waals surface area contributed by atoms with Gasteiger partial charge in [0.1, 0.15) is 0 Å². The molecule has 0 aromatic rings. The van der Waals surface area contributed by atoms with Crippen molar-refractivity contribution in [2.45, 2.75) is 43.9 Å². The average Bonchev–Trinajstić information content (AvgIpc) is 2.74. The molecule has 15 heavy (non-hydrogen) atoms. The molecule has 2 fully saturated rings. The summed E-state index contributed by atoms with van der Waals surface area (Å²) in [5.74, 6) is 1.66. The van der Waals surface area contributed by atoms with Crippen LogP contribution in [0.3, 0.4) is 0 Å². The van der Waals surface area contributed by atoms with Crippen molar-refractivity contribution in [3.05, 3.63) is 0 Å². The summed E-state index contributed by atoms with van der Waals surface area (Å²) >= 11 is 6.33. The Bertz CT molecular complexity index is 307. The van der Waals surface area contributed by atoms with Gasteiger partial charge in [0.15, 0.2) is 9.84 Å². The third-order valence-electron chi connectivity index (χ3n) is 3.81. The van der Waals surface area contributed by atoms with Crippen molar-refractivity contribution in [3.8, 4) is 0 Å². The first-order valence-electron chi connectivity index (χ1n) is 5.91. The van der Waals surface area contributed by atoms with Crippen molar-refractivity contribution in [3.63, 3.8) is 0 Å². The first kappa shape index (κ1) is 11.7. The van der Waals surface area contributed by atoms with Gasteiger partial charge in [-0.1, -0.05) is 25.7 Å². The number of hydrogen-bond donors (Lipinski definition) is 0. The topological polar surface area (TPSA) is 34.1 Å². The quantitative estimate of drug-likeness (QED) is 0.722. The predicted octanol–water partition coefficient (Wildman–Crippen LogP) is 2.61. The minimum absolute atomic E-state index is 0.0883. The van der Waals surface area contributed by atoms with Crippen LogP contribution in [0.2, 0.25) is 0 Å². The fraction of sp³-hybridized carbons (Fsp3) is 1.00. The van der Waals surface area contributed by atoms with Crippen molar-refractivity contribution in [2.24, 2.45) is 11.8 Å². The monoisotopic (exact) mass is 250 g/mol. The van der Waals surface area contributed by atoms with Crippen LogP contribution in [0.25, 0.3) is 0 Å². The Morgan fingerprint density at radius 1 is 1.20 bits per heavy atom. The van der Waals surface area contributed by atoms with Gasteiger partial charge in [0, 0.05) is 5.38 Å². The van der Waals surface area contributed by atoms with E-state index in [9.17, 15) is 8.42 Å². The van der Waals surface area contributed by atoms with E-state index in [4.69, 9.17) is 11.6 Å². The van der Waals surface area contributed by atoms with Crippen LogP contribution in [-0.4, -0.2) is 25.3 Å². The highest BCUT2D eigenvalue weighted by Gasteiger charge is 2.34. The summed E-state index contributed by atoms with van der Waals surface area (Å²) in [5, 5.41) is 0.0883. The standard InChI is InChI=1S/C11H19ClO2S/c12-11(7-9-3-1-2-4-9)10-5-6-15(13,14)8-10/h9-11H,1-8H2. The van der Waals surface area contributed by atoms with E-state index in [-0.39, 0.29) is 11.3 Å². The van der Waals surface area contributed by atoms with Gasteiger partial charge in [-0.25, -0.2) is 8.42 Å². The Morgan fingerprint density at radius 2 is 1.87 bits per heavy atom. The summed E-state index contributed by atoms with van der Waals surface area (Å²) in [5.41, 5.74) is 0. The molecule has 2 aliphatic rings. The fourth-order valence-corrected chi connectivity index (χ4v) is 5.32. The number of sulfone groups is 1. The van der Waals surface area contributed by atoms with Crippen LogP contribution in [0.1, 0.15) is 38.5 Å². The maximum absolute atomic E-state index is 11.3. The van der Waals surface area contributed by atoms with Crippen molar-refractivity contribution >= 4 is 21.4 Å². The van der Waals surface area contributed by atoms with Crippen molar-refractivity contribution in [1.82, 2.24) is 0 Å². The molecule has 0 bridgehead atoms. The maximum Gasteiger partial charge on any atom is 0.150 e. The summed E-state index contributed by atoms with van der Waals surface area (Å²) in [6.07, 6.45) is 7.06. The van der Waals surface area contributed by atoms with E-state index >= 15 is 0 Å². The van der Waals surface area contributed by atoms with E-state index in [1.54, 1.807) is 0 Å². The summed E-state index contributed by atoms with van der Waals surface area (Å²) in [6.45, 7) is 0. The number of rotatable bonds is 3. The van der Waals surface area contributed by atoms with E-state index in [1.165, 1.54) is 25.7 Å². The zero-order valence-corrected chi connectivity index (χ0v) is 10.6. The first-order chi connectivity index (χ1) is 7.07. The lowest BCUT2D eigenvalue weighted by molar-refractivity contribution is 0.426. The summed E-state index contributed by atoms with van der Waals surface area (Å²) in [4.78, 5) is 0. The molecule has 2 nitrogen and oxygen atoms in total. The van der Waals surface area contributed by atoms with E-state index in [1.807, 2.05) is 0 Å². The van der Waals surface area contributed by atoms with Gasteiger partial charge in [-0.15, -0.1) is 11.6 Å².